The Morgan fingerprint density at radius 1 is 1.05 bits per heavy atom. The van der Waals surface area contributed by atoms with Crippen LogP contribution >= 0.6 is 11.6 Å². The number of carbonyl (C=O) groups is 1. The molecule has 0 heterocycles. The SMILES string of the molecule is O=C(Nc1cccc(Cl)c1)c1ccc(O)c(O)c1O. The molecule has 0 spiro atoms. The summed E-state index contributed by atoms with van der Waals surface area (Å²) in [6, 6.07) is 8.79. The fraction of sp³-hybridized carbons (Fsp3) is 0. The summed E-state index contributed by atoms with van der Waals surface area (Å²) in [7, 11) is 0. The molecule has 0 radical (unpaired) electrons. The lowest BCUT2D eigenvalue weighted by Crippen LogP contribution is -2.12. The van der Waals surface area contributed by atoms with Gasteiger partial charge in [-0.25, -0.2) is 0 Å². The van der Waals surface area contributed by atoms with Crippen LogP contribution in [-0.4, -0.2) is 21.2 Å². The zero-order chi connectivity index (χ0) is 14.0. The molecular formula is C13H10ClNO4. The average Bonchev–Trinajstić information content (AvgIpc) is 2.36. The molecule has 0 saturated carbocycles. The van der Waals surface area contributed by atoms with Gasteiger partial charge in [0.1, 0.15) is 0 Å². The molecule has 6 heteroatoms. The van der Waals surface area contributed by atoms with Gasteiger partial charge in [-0.1, -0.05) is 17.7 Å². The Morgan fingerprint density at radius 2 is 1.79 bits per heavy atom. The van der Waals surface area contributed by atoms with Gasteiger partial charge in [-0.2, -0.15) is 0 Å². The van der Waals surface area contributed by atoms with Crippen molar-refractivity contribution in [3.63, 3.8) is 0 Å². The molecule has 0 bridgehead atoms. The number of phenolic OH excluding ortho intramolecular Hbond substituents is 3. The number of aromatic hydroxyl groups is 3. The minimum atomic E-state index is -0.737. The summed E-state index contributed by atoms with van der Waals surface area (Å²) in [6.07, 6.45) is 0. The van der Waals surface area contributed by atoms with E-state index >= 15 is 0 Å². The number of rotatable bonds is 2. The first-order valence-corrected chi connectivity index (χ1v) is 5.67. The van der Waals surface area contributed by atoms with Crippen LogP contribution in [0.25, 0.3) is 0 Å². The van der Waals surface area contributed by atoms with Crippen LogP contribution in [0.15, 0.2) is 36.4 Å². The summed E-state index contributed by atoms with van der Waals surface area (Å²) in [6.45, 7) is 0. The molecule has 0 saturated heterocycles. The fourth-order valence-corrected chi connectivity index (χ4v) is 1.71. The molecular weight excluding hydrogens is 270 g/mol. The lowest BCUT2D eigenvalue weighted by molar-refractivity contribution is 0.102. The number of anilines is 1. The van der Waals surface area contributed by atoms with Crippen molar-refractivity contribution in [3.05, 3.63) is 47.0 Å². The van der Waals surface area contributed by atoms with Crippen molar-refractivity contribution in [3.8, 4) is 17.2 Å². The second kappa shape index (κ2) is 5.07. The summed E-state index contributed by atoms with van der Waals surface area (Å²) in [5, 5.41) is 31.1. The predicted molar refractivity (Wildman–Crippen MR) is 70.8 cm³/mol. The van der Waals surface area contributed by atoms with E-state index in [1.165, 1.54) is 12.1 Å². The highest BCUT2D eigenvalue weighted by Gasteiger charge is 2.17. The maximum atomic E-state index is 11.9. The fourth-order valence-electron chi connectivity index (χ4n) is 1.52. The summed E-state index contributed by atoms with van der Waals surface area (Å²) in [5.41, 5.74) is 0.291. The van der Waals surface area contributed by atoms with E-state index in [0.717, 1.165) is 6.07 Å². The highest BCUT2D eigenvalue weighted by molar-refractivity contribution is 6.31. The average molecular weight is 280 g/mol. The summed E-state index contributed by atoms with van der Waals surface area (Å²) < 4.78 is 0. The van der Waals surface area contributed by atoms with Crippen LogP contribution in [0.3, 0.4) is 0 Å². The van der Waals surface area contributed by atoms with Gasteiger partial charge in [-0.15, -0.1) is 0 Å². The van der Waals surface area contributed by atoms with Gasteiger partial charge in [0.05, 0.1) is 5.56 Å². The van der Waals surface area contributed by atoms with Crippen LogP contribution in [0.1, 0.15) is 10.4 Å². The molecule has 0 aromatic heterocycles. The monoisotopic (exact) mass is 279 g/mol. The van der Waals surface area contributed by atoms with E-state index in [9.17, 15) is 20.1 Å². The summed E-state index contributed by atoms with van der Waals surface area (Å²) in [5.74, 6) is -2.55. The lowest BCUT2D eigenvalue weighted by Gasteiger charge is -2.08. The van der Waals surface area contributed by atoms with Crippen molar-refractivity contribution >= 4 is 23.2 Å². The molecule has 4 N–H and O–H groups in total. The number of benzene rings is 2. The third kappa shape index (κ3) is 2.71. The van der Waals surface area contributed by atoms with E-state index in [0.29, 0.717) is 10.7 Å². The van der Waals surface area contributed by atoms with Gasteiger partial charge < -0.3 is 20.6 Å². The number of amides is 1. The highest BCUT2D eigenvalue weighted by atomic mass is 35.5. The Bertz CT molecular complexity index is 643. The Labute approximate surface area is 113 Å². The second-order valence-electron chi connectivity index (χ2n) is 3.79. The van der Waals surface area contributed by atoms with Crippen molar-refractivity contribution in [2.45, 2.75) is 0 Å². The Kier molecular flexibility index (Phi) is 3.48. The minimum Gasteiger partial charge on any atom is -0.504 e. The number of hydrogen-bond donors (Lipinski definition) is 4. The van der Waals surface area contributed by atoms with Crippen LogP contribution in [0.4, 0.5) is 5.69 Å². The predicted octanol–water partition coefficient (Wildman–Crippen LogP) is 2.71. The minimum absolute atomic E-state index is 0.157. The van der Waals surface area contributed by atoms with Gasteiger partial charge in [0.25, 0.3) is 5.91 Å². The van der Waals surface area contributed by atoms with E-state index in [1.54, 1.807) is 18.2 Å². The Morgan fingerprint density at radius 3 is 2.47 bits per heavy atom. The number of carbonyl (C=O) groups excluding carboxylic acids is 1. The van der Waals surface area contributed by atoms with E-state index in [-0.39, 0.29) is 5.56 Å². The summed E-state index contributed by atoms with van der Waals surface area (Å²) in [4.78, 5) is 11.9. The van der Waals surface area contributed by atoms with Crippen LogP contribution in [0.2, 0.25) is 5.02 Å². The zero-order valence-electron chi connectivity index (χ0n) is 9.59. The highest BCUT2D eigenvalue weighted by Crippen LogP contribution is 2.37. The Balaban J connectivity index is 2.28. The topological polar surface area (TPSA) is 89.8 Å². The van der Waals surface area contributed by atoms with Crippen molar-refractivity contribution < 1.29 is 20.1 Å². The van der Waals surface area contributed by atoms with E-state index < -0.39 is 23.2 Å². The molecule has 98 valence electrons. The first kappa shape index (κ1) is 13.0. The molecule has 0 fully saturated rings. The zero-order valence-corrected chi connectivity index (χ0v) is 10.3. The molecule has 2 aromatic carbocycles. The van der Waals surface area contributed by atoms with Gasteiger partial charge in [-0.3, -0.25) is 4.79 Å². The third-order valence-electron chi connectivity index (χ3n) is 2.46. The van der Waals surface area contributed by atoms with Gasteiger partial charge in [0, 0.05) is 10.7 Å². The van der Waals surface area contributed by atoms with Crippen LogP contribution in [0.5, 0.6) is 17.2 Å². The molecule has 5 nitrogen and oxygen atoms in total. The Hall–Kier alpha value is -2.40. The largest absolute Gasteiger partial charge is 0.504 e. The lowest BCUT2D eigenvalue weighted by atomic mass is 10.1. The van der Waals surface area contributed by atoms with E-state index in [1.807, 2.05) is 0 Å². The molecule has 0 atom stereocenters. The van der Waals surface area contributed by atoms with Gasteiger partial charge in [0.15, 0.2) is 11.5 Å². The van der Waals surface area contributed by atoms with E-state index in [2.05, 4.69) is 5.32 Å². The van der Waals surface area contributed by atoms with Gasteiger partial charge >= 0.3 is 0 Å². The van der Waals surface area contributed by atoms with Gasteiger partial charge in [-0.05, 0) is 30.3 Å². The number of nitrogens with one attached hydrogen (secondary N) is 1. The molecule has 0 aliphatic carbocycles. The number of hydrogen-bond acceptors (Lipinski definition) is 4. The maximum absolute atomic E-state index is 11.9. The molecule has 2 rings (SSSR count). The van der Waals surface area contributed by atoms with Crippen LogP contribution in [0, 0.1) is 0 Å². The van der Waals surface area contributed by atoms with Crippen molar-refractivity contribution in [2.24, 2.45) is 0 Å². The quantitative estimate of drug-likeness (QED) is 0.636. The molecule has 2 aromatic rings. The van der Waals surface area contributed by atoms with Crippen molar-refractivity contribution in [2.75, 3.05) is 5.32 Å². The standard InChI is InChI=1S/C13H10ClNO4/c14-7-2-1-3-8(6-7)15-13(19)9-4-5-10(16)12(18)11(9)17/h1-6,16-18H,(H,15,19). The number of halogens is 1. The molecule has 19 heavy (non-hydrogen) atoms. The first-order valence-electron chi connectivity index (χ1n) is 5.30. The van der Waals surface area contributed by atoms with E-state index in [4.69, 9.17) is 11.6 Å². The smallest absolute Gasteiger partial charge is 0.259 e. The van der Waals surface area contributed by atoms with Crippen molar-refractivity contribution in [1.29, 1.82) is 0 Å². The van der Waals surface area contributed by atoms with Crippen LogP contribution in [-0.2, 0) is 0 Å². The first-order chi connectivity index (χ1) is 8.99. The van der Waals surface area contributed by atoms with Gasteiger partial charge in [0.2, 0.25) is 5.75 Å². The molecule has 0 aliphatic heterocycles. The number of phenols is 3. The van der Waals surface area contributed by atoms with Crippen molar-refractivity contribution in [1.82, 2.24) is 0 Å². The molecule has 0 unspecified atom stereocenters. The molecule has 1 amide bonds. The normalized spacial score (nSPS) is 10.2. The van der Waals surface area contributed by atoms with Crippen LogP contribution < -0.4 is 5.32 Å². The maximum Gasteiger partial charge on any atom is 0.259 e. The third-order valence-corrected chi connectivity index (χ3v) is 2.69. The summed E-state index contributed by atoms with van der Waals surface area (Å²) >= 11 is 5.78. The molecule has 0 aliphatic rings. The second-order valence-corrected chi connectivity index (χ2v) is 4.23.